The van der Waals surface area contributed by atoms with Crippen LogP contribution in [0.3, 0.4) is 0 Å². The minimum Gasteiger partial charge on any atom is -0.396 e. The van der Waals surface area contributed by atoms with Gasteiger partial charge in [-0.15, -0.1) is 0 Å². The van der Waals surface area contributed by atoms with Crippen molar-refractivity contribution in [1.29, 1.82) is 0 Å². The summed E-state index contributed by atoms with van der Waals surface area (Å²) < 4.78 is 6.32. The predicted octanol–water partition coefficient (Wildman–Crippen LogP) is 0.965. The van der Waals surface area contributed by atoms with Crippen LogP contribution in [0.1, 0.15) is 65.2 Å². The predicted molar refractivity (Wildman–Crippen MR) is 111 cm³/mol. The van der Waals surface area contributed by atoms with Gasteiger partial charge in [-0.1, -0.05) is 26.2 Å². The molecule has 3 fully saturated rings. The Labute approximate surface area is 179 Å². The van der Waals surface area contributed by atoms with Crippen LogP contribution in [0.4, 0.5) is 0 Å². The molecule has 0 aliphatic carbocycles. The molecule has 3 rings (SSSR count). The number of amides is 3. The monoisotopic (exact) mass is 423 g/mol. The molecule has 3 aliphatic rings. The molecule has 30 heavy (non-hydrogen) atoms. The molecule has 3 amide bonds. The van der Waals surface area contributed by atoms with Gasteiger partial charge in [-0.2, -0.15) is 0 Å². The smallest absolute Gasteiger partial charge is 0.246 e. The van der Waals surface area contributed by atoms with Gasteiger partial charge in [0, 0.05) is 26.2 Å². The van der Waals surface area contributed by atoms with E-state index in [1.807, 2.05) is 6.92 Å². The summed E-state index contributed by atoms with van der Waals surface area (Å²) in [6, 6.07) is -0.667. The first kappa shape index (κ1) is 23.0. The maximum absolute atomic E-state index is 13.5. The van der Waals surface area contributed by atoms with Crippen LogP contribution in [0.2, 0.25) is 0 Å². The molecule has 3 unspecified atom stereocenters. The fourth-order valence-corrected chi connectivity index (χ4v) is 5.74. The van der Waals surface area contributed by atoms with E-state index in [1.165, 1.54) is 0 Å². The fourth-order valence-electron chi connectivity index (χ4n) is 5.74. The molecule has 8 heteroatoms. The Kier molecular flexibility index (Phi) is 7.39. The molecule has 3 N–H and O–H groups in total. The van der Waals surface area contributed by atoms with Crippen molar-refractivity contribution in [3.05, 3.63) is 0 Å². The van der Waals surface area contributed by atoms with Crippen molar-refractivity contribution < 1.29 is 24.2 Å². The normalized spacial score (nSPS) is 32.9. The van der Waals surface area contributed by atoms with Crippen LogP contribution >= 0.6 is 0 Å². The van der Waals surface area contributed by atoms with Crippen molar-refractivity contribution in [2.75, 3.05) is 20.2 Å². The molecule has 170 valence electrons. The highest BCUT2D eigenvalue weighted by atomic mass is 16.5. The Morgan fingerprint density at radius 3 is 2.67 bits per heavy atom. The van der Waals surface area contributed by atoms with Crippen LogP contribution in [0.25, 0.3) is 0 Å². The molecule has 0 aromatic rings. The van der Waals surface area contributed by atoms with E-state index in [0.717, 1.165) is 38.5 Å². The third-order valence-corrected chi connectivity index (χ3v) is 7.02. The van der Waals surface area contributed by atoms with Crippen molar-refractivity contribution >= 4 is 17.7 Å². The zero-order valence-electron chi connectivity index (χ0n) is 18.5. The molecule has 3 aliphatic heterocycles. The summed E-state index contributed by atoms with van der Waals surface area (Å²) in [4.78, 5) is 41.1. The second kappa shape index (κ2) is 9.64. The fraction of sp³-hybridized carbons (Fsp3) is 0.864. The number of likely N-dealkylation sites (tertiary alicyclic amines) is 1. The number of fused-ring (bicyclic) bond motifs is 1. The molecular formula is C22H37N3O5. The van der Waals surface area contributed by atoms with E-state index in [2.05, 4.69) is 17.6 Å². The molecule has 3 saturated heterocycles. The molecule has 0 aromatic carbocycles. The molecule has 3 heterocycles. The summed E-state index contributed by atoms with van der Waals surface area (Å²) in [5.74, 6) is -1.59. The average molecular weight is 424 g/mol. The van der Waals surface area contributed by atoms with Gasteiger partial charge in [0.15, 0.2) is 0 Å². The van der Waals surface area contributed by atoms with E-state index in [4.69, 9.17) is 9.84 Å². The lowest BCUT2D eigenvalue weighted by Crippen LogP contribution is -2.56. The number of carbonyl (C=O) groups excluding carboxylic acids is 3. The minimum atomic E-state index is -0.903. The number of aliphatic hydroxyl groups excluding tert-OH is 1. The molecule has 6 atom stereocenters. The summed E-state index contributed by atoms with van der Waals surface area (Å²) in [5.41, 5.74) is -0.903. The Hall–Kier alpha value is -1.67. The summed E-state index contributed by atoms with van der Waals surface area (Å²) in [7, 11) is 1.58. The van der Waals surface area contributed by atoms with Crippen molar-refractivity contribution in [1.82, 2.24) is 15.5 Å². The highest BCUT2D eigenvalue weighted by Gasteiger charge is 2.74. The van der Waals surface area contributed by atoms with E-state index in [1.54, 1.807) is 11.9 Å². The van der Waals surface area contributed by atoms with Crippen molar-refractivity contribution in [3.63, 3.8) is 0 Å². The van der Waals surface area contributed by atoms with Crippen LogP contribution < -0.4 is 10.6 Å². The second-order valence-corrected chi connectivity index (χ2v) is 9.04. The first-order valence-corrected chi connectivity index (χ1v) is 11.5. The largest absolute Gasteiger partial charge is 0.396 e. The summed E-state index contributed by atoms with van der Waals surface area (Å²) in [5, 5.41) is 14.7. The molecular weight excluding hydrogens is 386 g/mol. The highest BCUT2D eigenvalue weighted by Crippen LogP contribution is 2.58. The Bertz CT molecular complexity index is 657. The first-order valence-electron chi connectivity index (χ1n) is 11.5. The second-order valence-electron chi connectivity index (χ2n) is 9.04. The van der Waals surface area contributed by atoms with Crippen molar-refractivity contribution in [2.45, 2.75) is 89.0 Å². The maximum Gasteiger partial charge on any atom is 0.246 e. The number of unbranched alkanes of at least 4 members (excludes halogenated alkanes) is 3. The van der Waals surface area contributed by atoms with E-state index < -0.39 is 23.5 Å². The Balaban J connectivity index is 1.84. The topological polar surface area (TPSA) is 108 Å². The van der Waals surface area contributed by atoms with E-state index >= 15 is 0 Å². The number of carbonyl (C=O) groups is 3. The van der Waals surface area contributed by atoms with E-state index in [-0.39, 0.29) is 36.5 Å². The molecule has 0 saturated carbocycles. The zero-order chi connectivity index (χ0) is 21.9. The minimum absolute atomic E-state index is 0.0211. The average Bonchev–Trinajstić information content (AvgIpc) is 3.35. The van der Waals surface area contributed by atoms with Crippen molar-refractivity contribution in [3.8, 4) is 0 Å². The number of hydrogen-bond donors (Lipinski definition) is 3. The molecule has 2 bridgehead atoms. The Morgan fingerprint density at radius 1 is 1.27 bits per heavy atom. The first-order chi connectivity index (χ1) is 14.4. The lowest BCUT2D eigenvalue weighted by molar-refractivity contribution is -0.142. The number of aliphatic hydroxyl groups is 1. The zero-order valence-corrected chi connectivity index (χ0v) is 18.5. The third-order valence-electron chi connectivity index (χ3n) is 7.02. The van der Waals surface area contributed by atoms with Gasteiger partial charge in [0.2, 0.25) is 17.7 Å². The van der Waals surface area contributed by atoms with Gasteiger partial charge < -0.3 is 25.4 Å². The van der Waals surface area contributed by atoms with Crippen LogP contribution in [0.5, 0.6) is 0 Å². The molecule has 8 nitrogen and oxygen atoms in total. The van der Waals surface area contributed by atoms with E-state index in [9.17, 15) is 14.4 Å². The quantitative estimate of drug-likeness (QED) is 0.429. The summed E-state index contributed by atoms with van der Waals surface area (Å²) in [6.07, 6.45) is 6.12. The van der Waals surface area contributed by atoms with Crippen LogP contribution in [-0.2, 0) is 19.1 Å². The molecule has 0 aromatic heterocycles. The SMILES string of the molecule is CCCC(C)NC(=O)C1N(CCCCCCO)C(=O)[C@@H]2[C@@H](C(=O)NC)[C@H]3CCC12O3. The standard InChI is InChI=1S/C22H37N3O5/c1-4-9-14(2)24-20(28)18-22-11-10-15(30-22)16(19(27)23-3)17(22)21(29)25(18)12-7-5-6-8-13-26/h14-18,26H,4-13H2,1-3H3,(H,23,27)(H,24,28)/t14?,15-,16+,17+,18?,22?/m1/s1. The number of hydrogen-bond acceptors (Lipinski definition) is 5. The Morgan fingerprint density at radius 2 is 2.00 bits per heavy atom. The van der Waals surface area contributed by atoms with Gasteiger partial charge >= 0.3 is 0 Å². The van der Waals surface area contributed by atoms with Crippen LogP contribution in [0, 0.1) is 11.8 Å². The number of rotatable bonds is 11. The van der Waals surface area contributed by atoms with E-state index in [0.29, 0.717) is 19.4 Å². The number of nitrogens with one attached hydrogen (secondary N) is 2. The van der Waals surface area contributed by atoms with Gasteiger partial charge in [-0.3, -0.25) is 14.4 Å². The van der Waals surface area contributed by atoms with Crippen molar-refractivity contribution in [2.24, 2.45) is 11.8 Å². The van der Waals surface area contributed by atoms with Crippen LogP contribution in [0.15, 0.2) is 0 Å². The van der Waals surface area contributed by atoms with Gasteiger partial charge in [0.25, 0.3) is 0 Å². The highest BCUT2D eigenvalue weighted by molar-refractivity contribution is 5.98. The van der Waals surface area contributed by atoms with Gasteiger partial charge in [-0.05, 0) is 39.0 Å². The van der Waals surface area contributed by atoms with Gasteiger partial charge in [0.05, 0.1) is 17.9 Å². The maximum atomic E-state index is 13.5. The lowest BCUT2D eigenvalue weighted by Gasteiger charge is -2.34. The summed E-state index contributed by atoms with van der Waals surface area (Å²) in [6.45, 7) is 4.69. The van der Waals surface area contributed by atoms with Crippen LogP contribution in [-0.4, -0.2) is 71.7 Å². The van der Waals surface area contributed by atoms with Gasteiger partial charge in [0.1, 0.15) is 11.6 Å². The number of nitrogens with zero attached hydrogens (tertiary/aromatic N) is 1. The molecule has 1 spiro atoms. The van der Waals surface area contributed by atoms with Gasteiger partial charge in [-0.25, -0.2) is 0 Å². The number of ether oxygens (including phenoxy) is 1. The third kappa shape index (κ3) is 3.96. The lowest BCUT2D eigenvalue weighted by atomic mass is 9.70. The molecule has 0 radical (unpaired) electrons. The summed E-state index contributed by atoms with van der Waals surface area (Å²) >= 11 is 0.